The van der Waals surface area contributed by atoms with Crippen LogP contribution in [0.4, 0.5) is 4.79 Å². The highest BCUT2D eigenvalue weighted by Gasteiger charge is 2.17. The molecule has 1 fully saturated rings. The van der Waals surface area contributed by atoms with Gasteiger partial charge in [0.15, 0.2) is 0 Å². The molecule has 0 bridgehead atoms. The van der Waals surface area contributed by atoms with E-state index in [1.807, 2.05) is 30.3 Å². The summed E-state index contributed by atoms with van der Waals surface area (Å²) in [6.07, 6.45) is 6.16. The molecule has 1 aliphatic carbocycles. The van der Waals surface area contributed by atoms with Gasteiger partial charge in [-0.1, -0.05) is 49.6 Å². The summed E-state index contributed by atoms with van der Waals surface area (Å²) in [6.45, 7) is 2.62. The van der Waals surface area contributed by atoms with E-state index in [1.54, 1.807) is 31.2 Å². The van der Waals surface area contributed by atoms with Gasteiger partial charge in [-0.25, -0.2) is 9.59 Å². The second-order valence-corrected chi connectivity index (χ2v) is 7.79. The van der Waals surface area contributed by atoms with Gasteiger partial charge in [-0.2, -0.15) is 0 Å². The SMILES string of the molecule is CCOC(=O)c1ccc(OC(CCNC(=O)NC2CCCCC2)c2ccccc2)cc1. The molecule has 0 radical (unpaired) electrons. The van der Waals surface area contributed by atoms with Crippen molar-refractivity contribution in [1.29, 1.82) is 0 Å². The smallest absolute Gasteiger partial charge is 0.338 e. The molecule has 31 heavy (non-hydrogen) atoms. The van der Waals surface area contributed by atoms with Gasteiger partial charge in [-0.3, -0.25) is 0 Å². The fourth-order valence-electron chi connectivity index (χ4n) is 3.81. The fraction of sp³-hybridized carbons (Fsp3) is 0.440. The molecular weight excluding hydrogens is 392 g/mol. The summed E-state index contributed by atoms with van der Waals surface area (Å²) in [6, 6.07) is 17.0. The molecule has 2 aromatic carbocycles. The van der Waals surface area contributed by atoms with Crippen molar-refractivity contribution < 1.29 is 19.1 Å². The van der Waals surface area contributed by atoms with Gasteiger partial charge < -0.3 is 20.1 Å². The molecule has 1 aliphatic rings. The number of carbonyl (C=O) groups is 2. The Bertz CT molecular complexity index is 817. The molecule has 1 saturated carbocycles. The predicted octanol–water partition coefficient (Wildman–Crippen LogP) is 5.01. The van der Waals surface area contributed by atoms with Crippen LogP contribution in [0.15, 0.2) is 54.6 Å². The van der Waals surface area contributed by atoms with Gasteiger partial charge in [0.25, 0.3) is 0 Å². The standard InChI is InChI=1S/C25H32N2O4/c1-2-30-24(28)20-13-15-22(16-14-20)31-23(19-9-5-3-6-10-19)17-18-26-25(29)27-21-11-7-4-8-12-21/h3,5-6,9-10,13-16,21,23H,2,4,7-8,11-12,17-18H2,1H3,(H2,26,27,29). The summed E-state index contributed by atoms with van der Waals surface area (Å²) < 4.78 is 11.2. The average Bonchev–Trinajstić information content (AvgIpc) is 2.80. The van der Waals surface area contributed by atoms with Crippen LogP contribution in [-0.2, 0) is 4.74 Å². The number of hydrogen-bond donors (Lipinski definition) is 2. The van der Waals surface area contributed by atoms with Crippen molar-refractivity contribution in [3.63, 3.8) is 0 Å². The molecule has 2 amide bonds. The van der Waals surface area contributed by atoms with E-state index in [1.165, 1.54) is 19.3 Å². The molecule has 0 aliphatic heterocycles. The van der Waals surface area contributed by atoms with Crippen LogP contribution in [0.25, 0.3) is 0 Å². The van der Waals surface area contributed by atoms with Crippen molar-refractivity contribution in [1.82, 2.24) is 10.6 Å². The van der Waals surface area contributed by atoms with Crippen LogP contribution in [0, 0.1) is 0 Å². The van der Waals surface area contributed by atoms with Crippen molar-refractivity contribution in [3.8, 4) is 5.75 Å². The number of ether oxygens (including phenoxy) is 2. The molecule has 0 spiro atoms. The zero-order valence-electron chi connectivity index (χ0n) is 18.1. The van der Waals surface area contributed by atoms with Gasteiger partial charge in [0.1, 0.15) is 11.9 Å². The first kappa shape index (κ1) is 22.7. The van der Waals surface area contributed by atoms with Crippen LogP contribution in [0.2, 0.25) is 0 Å². The summed E-state index contributed by atoms with van der Waals surface area (Å²) in [4.78, 5) is 24.1. The maximum Gasteiger partial charge on any atom is 0.338 e. The Labute approximate surface area is 184 Å². The van der Waals surface area contributed by atoms with Crippen LogP contribution in [0.3, 0.4) is 0 Å². The second kappa shape index (κ2) is 12.0. The Hall–Kier alpha value is -3.02. The Balaban J connectivity index is 1.56. The fourth-order valence-corrected chi connectivity index (χ4v) is 3.81. The third kappa shape index (κ3) is 7.31. The van der Waals surface area contributed by atoms with Crippen molar-refractivity contribution in [3.05, 3.63) is 65.7 Å². The van der Waals surface area contributed by atoms with Crippen LogP contribution < -0.4 is 15.4 Å². The Kier molecular flexibility index (Phi) is 8.76. The number of hydrogen-bond acceptors (Lipinski definition) is 4. The molecule has 2 aromatic rings. The van der Waals surface area contributed by atoms with Gasteiger partial charge >= 0.3 is 12.0 Å². The van der Waals surface area contributed by atoms with Gasteiger partial charge in [0.05, 0.1) is 12.2 Å². The van der Waals surface area contributed by atoms with Crippen molar-refractivity contribution >= 4 is 12.0 Å². The first-order valence-corrected chi connectivity index (χ1v) is 11.2. The van der Waals surface area contributed by atoms with E-state index in [0.717, 1.165) is 18.4 Å². The molecule has 6 heteroatoms. The van der Waals surface area contributed by atoms with Crippen molar-refractivity contribution in [2.45, 2.75) is 57.6 Å². The lowest BCUT2D eigenvalue weighted by molar-refractivity contribution is 0.0526. The monoisotopic (exact) mass is 424 g/mol. The van der Waals surface area contributed by atoms with Gasteiger partial charge in [0.2, 0.25) is 0 Å². The van der Waals surface area contributed by atoms with Crippen LogP contribution in [0.5, 0.6) is 5.75 Å². The number of benzene rings is 2. The summed E-state index contributed by atoms with van der Waals surface area (Å²) in [5, 5.41) is 6.04. The molecule has 2 N–H and O–H groups in total. The molecule has 166 valence electrons. The lowest BCUT2D eigenvalue weighted by Crippen LogP contribution is -2.43. The molecule has 3 rings (SSSR count). The lowest BCUT2D eigenvalue weighted by Gasteiger charge is -2.23. The largest absolute Gasteiger partial charge is 0.486 e. The van der Waals surface area contributed by atoms with Gasteiger partial charge in [-0.05, 0) is 49.6 Å². The number of esters is 1. The predicted molar refractivity (Wildman–Crippen MR) is 120 cm³/mol. The van der Waals surface area contributed by atoms with Crippen LogP contribution >= 0.6 is 0 Å². The minimum Gasteiger partial charge on any atom is -0.486 e. The Morgan fingerprint density at radius 1 is 1.00 bits per heavy atom. The highest BCUT2D eigenvalue weighted by molar-refractivity contribution is 5.89. The van der Waals surface area contributed by atoms with Crippen molar-refractivity contribution in [2.24, 2.45) is 0 Å². The third-order valence-corrected chi connectivity index (χ3v) is 5.45. The lowest BCUT2D eigenvalue weighted by atomic mass is 9.96. The highest BCUT2D eigenvalue weighted by atomic mass is 16.5. The van der Waals surface area contributed by atoms with E-state index in [4.69, 9.17) is 9.47 Å². The van der Waals surface area contributed by atoms with E-state index in [0.29, 0.717) is 30.9 Å². The van der Waals surface area contributed by atoms with Crippen molar-refractivity contribution in [2.75, 3.05) is 13.2 Å². The Morgan fingerprint density at radius 2 is 1.71 bits per heavy atom. The molecule has 1 atom stereocenters. The number of carbonyl (C=O) groups excluding carboxylic acids is 2. The molecule has 1 unspecified atom stereocenters. The van der Waals surface area contributed by atoms with E-state index in [2.05, 4.69) is 10.6 Å². The van der Waals surface area contributed by atoms with E-state index >= 15 is 0 Å². The van der Waals surface area contributed by atoms with Gasteiger partial charge in [0, 0.05) is 19.0 Å². The average molecular weight is 425 g/mol. The van der Waals surface area contributed by atoms with E-state index in [-0.39, 0.29) is 24.1 Å². The maximum atomic E-state index is 12.2. The summed E-state index contributed by atoms with van der Waals surface area (Å²) in [5.41, 5.74) is 1.53. The first-order valence-electron chi connectivity index (χ1n) is 11.2. The highest BCUT2D eigenvalue weighted by Crippen LogP contribution is 2.25. The van der Waals surface area contributed by atoms with E-state index in [9.17, 15) is 9.59 Å². The maximum absolute atomic E-state index is 12.2. The number of rotatable bonds is 9. The minimum absolute atomic E-state index is 0.113. The number of nitrogens with one attached hydrogen (secondary N) is 2. The van der Waals surface area contributed by atoms with Crippen LogP contribution in [0.1, 0.15) is 67.5 Å². The molecule has 0 heterocycles. The molecule has 6 nitrogen and oxygen atoms in total. The number of amides is 2. The number of urea groups is 1. The molecule has 0 aromatic heterocycles. The second-order valence-electron chi connectivity index (χ2n) is 7.79. The first-order chi connectivity index (χ1) is 15.2. The molecular formula is C25H32N2O4. The summed E-state index contributed by atoms with van der Waals surface area (Å²) in [5.74, 6) is 0.315. The zero-order valence-corrected chi connectivity index (χ0v) is 18.1. The summed E-state index contributed by atoms with van der Waals surface area (Å²) >= 11 is 0. The topological polar surface area (TPSA) is 76.7 Å². The molecule has 0 saturated heterocycles. The quantitative estimate of drug-likeness (QED) is 0.555. The third-order valence-electron chi connectivity index (χ3n) is 5.45. The summed E-state index contributed by atoms with van der Waals surface area (Å²) in [7, 11) is 0. The zero-order chi connectivity index (χ0) is 21.9. The minimum atomic E-state index is -0.346. The van der Waals surface area contributed by atoms with Crippen LogP contribution in [-0.4, -0.2) is 31.2 Å². The Morgan fingerprint density at radius 3 is 2.39 bits per heavy atom. The normalized spacial score (nSPS) is 15.0. The van der Waals surface area contributed by atoms with E-state index < -0.39 is 0 Å². The van der Waals surface area contributed by atoms with Gasteiger partial charge in [-0.15, -0.1) is 0 Å².